The average molecular weight is 606 g/mol. The van der Waals surface area contributed by atoms with Crippen LogP contribution in [-0.4, -0.2) is 15.0 Å². The zero-order valence-corrected chi connectivity index (χ0v) is 25.7. The molecule has 1 aliphatic heterocycles. The summed E-state index contributed by atoms with van der Waals surface area (Å²) in [5.74, 6) is 1.96. The van der Waals surface area contributed by atoms with Crippen molar-refractivity contribution in [3.05, 3.63) is 185 Å². The molecule has 0 radical (unpaired) electrons. The Hall–Kier alpha value is -5.58. The van der Waals surface area contributed by atoms with Gasteiger partial charge in [0, 0.05) is 26.5 Å². The van der Waals surface area contributed by atoms with Crippen LogP contribution in [0.3, 0.4) is 0 Å². The zero-order valence-electron chi connectivity index (χ0n) is 24.8. The Morgan fingerprint density at radius 2 is 0.826 bits per heavy atom. The molecule has 0 N–H and O–H groups in total. The molecule has 2 heterocycles. The molecule has 0 atom stereocenters. The van der Waals surface area contributed by atoms with Gasteiger partial charge in [-0.25, -0.2) is 15.0 Å². The van der Waals surface area contributed by atoms with E-state index in [9.17, 15) is 0 Å². The van der Waals surface area contributed by atoms with Crippen LogP contribution in [0.15, 0.2) is 161 Å². The Balaban J connectivity index is 1.35. The highest BCUT2D eigenvalue weighted by atomic mass is 32.2. The Morgan fingerprint density at radius 1 is 0.370 bits per heavy atom. The lowest BCUT2D eigenvalue weighted by molar-refractivity contribution is 0.701. The van der Waals surface area contributed by atoms with Gasteiger partial charge in [-0.15, -0.1) is 0 Å². The summed E-state index contributed by atoms with van der Waals surface area (Å²) in [6.45, 7) is 0. The minimum absolute atomic E-state index is 0.540. The molecule has 4 heteroatoms. The third-order valence-electron chi connectivity index (χ3n) is 9.02. The number of hydrogen-bond acceptors (Lipinski definition) is 4. The second-order valence-corrected chi connectivity index (χ2v) is 12.7. The second-order valence-electron chi connectivity index (χ2n) is 11.6. The lowest BCUT2D eigenvalue weighted by Crippen LogP contribution is -2.35. The minimum Gasteiger partial charge on any atom is -0.208 e. The Kier molecular flexibility index (Phi) is 6.29. The molecular weight excluding hydrogens is 579 g/mol. The van der Waals surface area contributed by atoms with E-state index in [0.717, 1.165) is 16.7 Å². The summed E-state index contributed by atoms with van der Waals surface area (Å²) in [5, 5.41) is 0. The first-order valence-electron chi connectivity index (χ1n) is 15.5. The summed E-state index contributed by atoms with van der Waals surface area (Å²) in [6.07, 6.45) is 4.53. The van der Waals surface area contributed by atoms with Gasteiger partial charge in [0.2, 0.25) is 0 Å². The van der Waals surface area contributed by atoms with Gasteiger partial charge in [-0.2, -0.15) is 0 Å². The maximum absolute atomic E-state index is 5.09. The summed E-state index contributed by atoms with van der Waals surface area (Å²) in [5.41, 5.74) is 9.79. The molecule has 1 spiro atoms. The highest BCUT2D eigenvalue weighted by molar-refractivity contribution is 7.99. The van der Waals surface area contributed by atoms with Crippen molar-refractivity contribution in [1.82, 2.24) is 15.0 Å². The molecule has 216 valence electrons. The van der Waals surface area contributed by atoms with Gasteiger partial charge in [0.1, 0.15) is 0 Å². The molecular formula is C42H27N3S. The molecule has 1 aromatic heterocycles. The van der Waals surface area contributed by atoms with Crippen LogP contribution in [0, 0.1) is 0 Å². The van der Waals surface area contributed by atoms with Crippen molar-refractivity contribution in [3.8, 4) is 34.2 Å². The Labute approximate surface area is 272 Å². The van der Waals surface area contributed by atoms with Crippen LogP contribution >= 0.6 is 11.8 Å². The second kappa shape index (κ2) is 10.8. The molecule has 7 aromatic rings. The van der Waals surface area contributed by atoms with Crippen molar-refractivity contribution >= 4 is 23.9 Å². The fraction of sp³-hybridized carbons (Fsp3) is 0.0238. The van der Waals surface area contributed by atoms with Gasteiger partial charge in [-0.1, -0.05) is 157 Å². The van der Waals surface area contributed by atoms with Crippen LogP contribution in [0.1, 0.15) is 33.4 Å². The average Bonchev–Trinajstić information content (AvgIpc) is 3.27. The maximum Gasteiger partial charge on any atom is 0.164 e. The Bertz CT molecular complexity index is 2190. The number of rotatable bonds is 3. The van der Waals surface area contributed by atoms with Crippen LogP contribution in [-0.2, 0) is 5.41 Å². The molecule has 0 saturated carbocycles. The minimum atomic E-state index is -0.540. The molecule has 9 rings (SSSR count). The number of aromatic nitrogens is 3. The third-order valence-corrected chi connectivity index (χ3v) is 10.2. The summed E-state index contributed by atoms with van der Waals surface area (Å²) in [6, 6.07) is 53.6. The number of fused-ring (bicyclic) bond motifs is 8. The molecule has 0 bridgehead atoms. The van der Waals surface area contributed by atoms with E-state index in [1.165, 1.54) is 43.2 Å². The fourth-order valence-corrected chi connectivity index (χ4v) is 8.18. The van der Waals surface area contributed by atoms with Crippen LogP contribution in [0.5, 0.6) is 0 Å². The SMILES string of the molecule is C1=Cc2ccc(-c3nc(-c4ccccc4)nc(-c4ccccc4)n3)cc2C2(c3ccccc31)c1ccccc1Sc1ccccc12. The van der Waals surface area contributed by atoms with E-state index >= 15 is 0 Å². The monoisotopic (exact) mass is 605 g/mol. The largest absolute Gasteiger partial charge is 0.208 e. The number of benzene rings is 6. The molecule has 1 aliphatic carbocycles. The topological polar surface area (TPSA) is 38.7 Å². The predicted molar refractivity (Wildman–Crippen MR) is 187 cm³/mol. The molecule has 0 fully saturated rings. The van der Waals surface area contributed by atoms with Crippen LogP contribution in [0.2, 0.25) is 0 Å². The van der Waals surface area contributed by atoms with E-state index < -0.39 is 5.41 Å². The highest BCUT2D eigenvalue weighted by Gasteiger charge is 2.46. The lowest BCUT2D eigenvalue weighted by Gasteiger charge is -2.42. The quantitative estimate of drug-likeness (QED) is 0.201. The van der Waals surface area contributed by atoms with E-state index in [0.29, 0.717) is 17.5 Å². The standard InChI is InChI=1S/C42H27N3S/c1-3-14-30(15-4-1)39-43-40(31-16-5-2-6-17-31)45-41(44-39)32-26-25-29-24-23-28-13-7-8-18-33(28)42(36(29)27-32)34-19-9-11-21-37(34)46-38-22-12-10-20-35(38)42/h1-27H. The lowest BCUT2D eigenvalue weighted by atomic mass is 9.63. The first kappa shape index (κ1) is 26.8. The van der Waals surface area contributed by atoms with E-state index in [2.05, 4.69) is 127 Å². The van der Waals surface area contributed by atoms with Crippen LogP contribution in [0.4, 0.5) is 0 Å². The smallest absolute Gasteiger partial charge is 0.164 e. The summed E-state index contributed by atoms with van der Waals surface area (Å²) < 4.78 is 0. The molecule has 46 heavy (non-hydrogen) atoms. The first-order chi connectivity index (χ1) is 22.8. The van der Waals surface area contributed by atoms with Crippen molar-refractivity contribution in [2.75, 3.05) is 0 Å². The van der Waals surface area contributed by atoms with Gasteiger partial charge >= 0.3 is 0 Å². The first-order valence-corrected chi connectivity index (χ1v) is 16.3. The summed E-state index contributed by atoms with van der Waals surface area (Å²) in [4.78, 5) is 17.7. The normalized spacial score (nSPS) is 13.7. The molecule has 0 saturated heterocycles. The fourth-order valence-electron chi connectivity index (χ4n) is 6.99. The van der Waals surface area contributed by atoms with Gasteiger partial charge in [0.15, 0.2) is 17.5 Å². The van der Waals surface area contributed by atoms with Crippen LogP contribution in [0.25, 0.3) is 46.3 Å². The van der Waals surface area contributed by atoms with Crippen LogP contribution < -0.4 is 0 Å². The van der Waals surface area contributed by atoms with Crippen molar-refractivity contribution in [1.29, 1.82) is 0 Å². The van der Waals surface area contributed by atoms with E-state index in [1.54, 1.807) is 0 Å². The van der Waals surface area contributed by atoms with Gasteiger partial charge < -0.3 is 0 Å². The molecule has 0 unspecified atom stereocenters. The highest BCUT2D eigenvalue weighted by Crippen LogP contribution is 2.58. The summed E-state index contributed by atoms with van der Waals surface area (Å²) in [7, 11) is 0. The molecule has 2 aliphatic rings. The predicted octanol–water partition coefficient (Wildman–Crippen LogP) is 10.2. The van der Waals surface area contributed by atoms with Crippen molar-refractivity contribution in [2.45, 2.75) is 15.2 Å². The number of nitrogens with zero attached hydrogens (tertiary/aromatic N) is 3. The van der Waals surface area contributed by atoms with E-state index in [4.69, 9.17) is 15.0 Å². The van der Waals surface area contributed by atoms with Crippen molar-refractivity contribution in [2.24, 2.45) is 0 Å². The molecule has 6 aromatic carbocycles. The maximum atomic E-state index is 5.09. The van der Waals surface area contributed by atoms with E-state index in [1.807, 2.05) is 48.2 Å². The number of hydrogen-bond donors (Lipinski definition) is 0. The van der Waals surface area contributed by atoms with Gasteiger partial charge in [-0.05, 0) is 51.6 Å². The zero-order chi connectivity index (χ0) is 30.5. The third kappa shape index (κ3) is 4.18. The van der Waals surface area contributed by atoms with Crippen molar-refractivity contribution < 1.29 is 0 Å². The summed E-state index contributed by atoms with van der Waals surface area (Å²) >= 11 is 1.85. The van der Waals surface area contributed by atoms with E-state index in [-0.39, 0.29) is 0 Å². The van der Waals surface area contributed by atoms with Crippen molar-refractivity contribution in [3.63, 3.8) is 0 Å². The molecule has 0 amide bonds. The molecule has 3 nitrogen and oxygen atoms in total. The van der Waals surface area contributed by atoms with Gasteiger partial charge in [0.25, 0.3) is 0 Å². The Morgan fingerprint density at radius 3 is 1.41 bits per heavy atom. The van der Waals surface area contributed by atoms with Gasteiger partial charge in [0.05, 0.1) is 5.41 Å². The van der Waals surface area contributed by atoms with Gasteiger partial charge in [-0.3, -0.25) is 0 Å².